The number of nitrogens with zero attached hydrogens (tertiary/aromatic N) is 2. The van der Waals surface area contributed by atoms with Gasteiger partial charge in [-0.25, -0.2) is 0 Å². The Hall–Kier alpha value is -0.340. The number of rotatable bonds is 1. The van der Waals surface area contributed by atoms with E-state index in [0.29, 0.717) is 0 Å². The van der Waals surface area contributed by atoms with Crippen LogP contribution in [0.15, 0.2) is 4.99 Å². The summed E-state index contributed by atoms with van der Waals surface area (Å²) in [6, 6.07) is -0.423. The zero-order chi connectivity index (χ0) is 12.0. The molecule has 6 nitrogen and oxygen atoms in total. The Kier molecular flexibility index (Phi) is 3.04. The Morgan fingerprint density at radius 2 is 2.12 bits per heavy atom. The monoisotopic (exact) mass is 260 g/mol. The standard InChI is InChI=1S/C10H16N2O4S/c13-4-5-7(14)8(15)6-9(16-5)17-10(11-6)12-2-1-3-12/h5-9,13-15H,1-4H2/t5-,6-,7+,8-,9-/m1/s1. The molecule has 3 N–H and O–H groups in total. The van der Waals surface area contributed by atoms with Crippen LogP contribution in [0.2, 0.25) is 0 Å². The van der Waals surface area contributed by atoms with Crippen LogP contribution in [0.4, 0.5) is 0 Å². The highest BCUT2D eigenvalue weighted by atomic mass is 32.2. The van der Waals surface area contributed by atoms with Crippen LogP contribution in [0.1, 0.15) is 6.42 Å². The summed E-state index contributed by atoms with van der Waals surface area (Å²) in [5, 5.41) is 29.7. The maximum absolute atomic E-state index is 9.96. The third-order valence-corrected chi connectivity index (χ3v) is 4.65. The fourth-order valence-electron chi connectivity index (χ4n) is 2.23. The SMILES string of the molecule is OC[C@H]1O[C@@H]2SC(N3CCC3)=N[C@@H]2[C@@H](O)[C@H]1O. The quantitative estimate of drug-likeness (QED) is 0.538. The number of hydrogen-bond donors (Lipinski definition) is 3. The second-order valence-corrected chi connectivity index (χ2v) is 5.63. The largest absolute Gasteiger partial charge is 0.394 e. The minimum absolute atomic E-state index is 0.291. The molecule has 2 fully saturated rings. The maximum atomic E-state index is 9.96. The van der Waals surface area contributed by atoms with Gasteiger partial charge in [0, 0.05) is 13.1 Å². The van der Waals surface area contributed by atoms with Crippen molar-refractivity contribution in [1.82, 2.24) is 4.90 Å². The van der Waals surface area contributed by atoms with Gasteiger partial charge in [0.2, 0.25) is 0 Å². The molecule has 5 atom stereocenters. The molecule has 3 rings (SSSR count). The molecular formula is C10H16N2O4S. The number of aliphatic hydroxyl groups excluding tert-OH is 3. The minimum Gasteiger partial charge on any atom is -0.394 e. The molecule has 0 aromatic carbocycles. The van der Waals surface area contributed by atoms with Gasteiger partial charge in [-0.15, -0.1) is 0 Å². The van der Waals surface area contributed by atoms with E-state index in [1.54, 1.807) is 0 Å². The van der Waals surface area contributed by atoms with Crippen molar-refractivity contribution in [3.63, 3.8) is 0 Å². The summed E-state index contributed by atoms with van der Waals surface area (Å²) in [4.78, 5) is 6.56. The van der Waals surface area contributed by atoms with Crippen LogP contribution >= 0.6 is 11.8 Å². The van der Waals surface area contributed by atoms with Crippen molar-refractivity contribution in [2.24, 2.45) is 4.99 Å². The molecule has 0 unspecified atom stereocenters. The molecule has 0 aromatic rings. The van der Waals surface area contributed by atoms with Crippen LogP contribution in [0.5, 0.6) is 0 Å². The number of amidine groups is 1. The minimum atomic E-state index is -1.07. The Morgan fingerprint density at radius 1 is 1.35 bits per heavy atom. The number of aliphatic imine (C=N–C) groups is 1. The van der Waals surface area contributed by atoms with Gasteiger partial charge in [0.05, 0.1) is 6.61 Å². The summed E-state index contributed by atoms with van der Waals surface area (Å²) in [6.07, 6.45) is -1.58. The van der Waals surface area contributed by atoms with Gasteiger partial charge in [-0.3, -0.25) is 4.99 Å². The molecule has 0 aliphatic carbocycles. The van der Waals surface area contributed by atoms with Crippen LogP contribution in [0.3, 0.4) is 0 Å². The molecule has 0 amide bonds. The van der Waals surface area contributed by atoms with Gasteiger partial charge < -0.3 is 25.0 Å². The van der Waals surface area contributed by atoms with Crippen molar-refractivity contribution in [2.45, 2.75) is 36.2 Å². The van der Waals surface area contributed by atoms with E-state index in [1.165, 1.54) is 18.2 Å². The molecule has 0 saturated carbocycles. The van der Waals surface area contributed by atoms with E-state index in [0.717, 1.165) is 18.3 Å². The molecule has 0 radical (unpaired) electrons. The van der Waals surface area contributed by atoms with Crippen LogP contribution in [-0.2, 0) is 4.74 Å². The Labute approximate surface area is 103 Å². The van der Waals surface area contributed by atoms with Crippen LogP contribution in [-0.4, -0.2) is 74.9 Å². The van der Waals surface area contributed by atoms with E-state index in [2.05, 4.69) is 9.89 Å². The number of thioether (sulfide) groups is 1. The number of fused-ring (bicyclic) bond motifs is 1. The highest BCUT2D eigenvalue weighted by molar-refractivity contribution is 8.14. The number of aliphatic hydroxyl groups is 3. The molecule has 96 valence electrons. The maximum Gasteiger partial charge on any atom is 0.162 e. The summed E-state index contributed by atoms with van der Waals surface area (Å²) in [5.74, 6) is 0. The van der Waals surface area contributed by atoms with Gasteiger partial charge in [0.1, 0.15) is 29.8 Å². The number of likely N-dealkylation sites (tertiary alicyclic amines) is 1. The van der Waals surface area contributed by atoms with E-state index in [4.69, 9.17) is 9.84 Å². The van der Waals surface area contributed by atoms with E-state index < -0.39 is 24.4 Å². The van der Waals surface area contributed by atoms with Crippen molar-refractivity contribution in [1.29, 1.82) is 0 Å². The zero-order valence-corrected chi connectivity index (χ0v) is 10.1. The average Bonchev–Trinajstić information content (AvgIpc) is 2.64. The lowest BCUT2D eigenvalue weighted by Gasteiger charge is -2.37. The van der Waals surface area contributed by atoms with Gasteiger partial charge in [-0.1, -0.05) is 11.8 Å². The molecular weight excluding hydrogens is 244 g/mol. The summed E-state index contributed by atoms with van der Waals surface area (Å²) < 4.78 is 5.55. The second-order valence-electron chi connectivity index (χ2n) is 4.57. The van der Waals surface area contributed by atoms with Crippen molar-refractivity contribution in [3.8, 4) is 0 Å². The van der Waals surface area contributed by atoms with Crippen molar-refractivity contribution < 1.29 is 20.1 Å². The van der Waals surface area contributed by atoms with E-state index in [-0.39, 0.29) is 12.0 Å². The lowest BCUT2D eigenvalue weighted by Crippen LogP contribution is -2.55. The first-order chi connectivity index (χ1) is 8.20. The van der Waals surface area contributed by atoms with Gasteiger partial charge in [0.25, 0.3) is 0 Å². The smallest absolute Gasteiger partial charge is 0.162 e. The van der Waals surface area contributed by atoms with Gasteiger partial charge in [0.15, 0.2) is 5.17 Å². The van der Waals surface area contributed by atoms with Gasteiger partial charge in [-0.05, 0) is 6.42 Å². The normalized spacial score (nSPS) is 45.2. The fraction of sp³-hybridized carbons (Fsp3) is 0.900. The van der Waals surface area contributed by atoms with Crippen molar-refractivity contribution in [3.05, 3.63) is 0 Å². The summed E-state index contributed by atoms with van der Waals surface area (Å²) in [5.41, 5.74) is -0.291. The summed E-state index contributed by atoms with van der Waals surface area (Å²) in [6.45, 7) is 1.70. The van der Waals surface area contributed by atoms with E-state index in [9.17, 15) is 10.2 Å². The lowest BCUT2D eigenvalue weighted by atomic mass is 9.99. The van der Waals surface area contributed by atoms with E-state index in [1.807, 2.05) is 0 Å². The second kappa shape index (κ2) is 4.40. The van der Waals surface area contributed by atoms with Crippen LogP contribution < -0.4 is 0 Å². The molecule has 3 heterocycles. The van der Waals surface area contributed by atoms with E-state index >= 15 is 0 Å². The first kappa shape index (κ1) is 11.7. The first-order valence-electron chi connectivity index (χ1n) is 5.82. The fourth-order valence-corrected chi connectivity index (χ4v) is 3.51. The topological polar surface area (TPSA) is 85.5 Å². The molecule has 2 saturated heterocycles. The number of ether oxygens (including phenoxy) is 1. The summed E-state index contributed by atoms with van der Waals surface area (Å²) >= 11 is 1.47. The number of hydrogen-bond acceptors (Lipinski definition) is 7. The highest BCUT2D eigenvalue weighted by Gasteiger charge is 2.48. The molecule has 3 aliphatic heterocycles. The van der Waals surface area contributed by atoms with Crippen molar-refractivity contribution in [2.75, 3.05) is 19.7 Å². The molecule has 0 bridgehead atoms. The Balaban J connectivity index is 1.74. The Bertz CT molecular complexity index is 336. The third-order valence-electron chi connectivity index (χ3n) is 3.46. The molecule has 0 aromatic heterocycles. The van der Waals surface area contributed by atoms with Crippen molar-refractivity contribution >= 4 is 16.9 Å². The predicted molar refractivity (Wildman–Crippen MR) is 62.8 cm³/mol. The predicted octanol–water partition coefficient (Wildman–Crippen LogP) is -1.40. The van der Waals surface area contributed by atoms with Gasteiger partial charge >= 0.3 is 0 Å². The molecule has 7 heteroatoms. The average molecular weight is 260 g/mol. The van der Waals surface area contributed by atoms with Crippen LogP contribution in [0, 0.1) is 0 Å². The lowest BCUT2D eigenvalue weighted by molar-refractivity contribution is -0.164. The third kappa shape index (κ3) is 1.86. The zero-order valence-electron chi connectivity index (χ0n) is 9.27. The molecule has 17 heavy (non-hydrogen) atoms. The first-order valence-corrected chi connectivity index (χ1v) is 6.70. The molecule has 0 spiro atoms. The molecule has 3 aliphatic rings. The Morgan fingerprint density at radius 3 is 2.71 bits per heavy atom. The van der Waals surface area contributed by atoms with Crippen LogP contribution in [0.25, 0.3) is 0 Å². The highest BCUT2D eigenvalue weighted by Crippen LogP contribution is 2.38. The van der Waals surface area contributed by atoms with Gasteiger partial charge in [-0.2, -0.15) is 0 Å². The summed E-state index contributed by atoms with van der Waals surface area (Å²) in [7, 11) is 0.